The molecule has 2 heterocycles. The molecule has 1 aromatic heterocycles. The van der Waals surface area contributed by atoms with Gasteiger partial charge in [0.05, 0.1) is 11.9 Å². The SMILES string of the molecule is CC(=O)Nc1cccc(-c2cnc3n2CCN(C(=O)C2CC2C)CC3)c1. The van der Waals surface area contributed by atoms with E-state index in [2.05, 4.69) is 21.8 Å². The van der Waals surface area contributed by atoms with Gasteiger partial charge in [-0.05, 0) is 24.5 Å². The number of aromatic nitrogens is 2. The Morgan fingerprint density at radius 2 is 2.04 bits per heavy atom. The summed E-state index contributed by atoms with van der Waals surface area (Å²) in [5.74, 6) is 2.00. The van der Waals surface area contributed by atoms with Gasteiger partial charge in [0.2, 0.25) is 11.8 Å². The summed E-state index contributed by atoms with van der Waals surface area (Å²) < 4.78 is 2.20. The maximum absolute atomic E-state index is 12.6. The Bertz CT molecular complexity index is 857. The lowest BCUT2D eigenvalue weighted by Gasteiger charge is -2.20. The predicted molar refractivity (Wildman–Crippen MR) is 99.5 cm³/mol. The first-order valence-corrected chi connectivity index (χ1v) is 9.24. The van der Waals surface area contributed by atoms with Crippen molar-refractivity contribution in [3.63, 3.8) is 0 Å². The zero-order valence-corrected chi connectivity index (χ0v) is 15.2. The van der Waals surface area contributed by atoms with Crippen molar-refractivity contribution in [1.29, 1.82) is 0 Å². The number of carbonyl (C=O) groups is 2. The van der Waals surface area contributed by atoms with Crippen molar-refractivity contribution in [3.05, 3.63) is 36.3 Å². The maximum atomic E-state index is 12.6. The highest BCUT2D eigenvalue weighted by atomic mass is 16.2. The van der Waals surface area contributed by atoms with Gasteiger partial charge in [0.1, 0.15) is 5.82 Å². The van der Waals surface area contributed by atoms with Crippen molar-refractivity contribution < 1.29 is 9.59 Å². The lowest BCUT2D eigenvalue weighted by Crippen LogP contribution is -2.35. The monoisotopic (exact) mass is 352 g/mol. The lowest BCUT2D eigenvalue weighted by atomic mass is 10.1. The molecule has 2 atom stereocenters. The summed E-state index contributed by atoms with van der Waals surface area (Å²) in [6.45, 7) is 5.87. The molecule has 4 rings (SSSR count). The van der Waals surface area contributed by atoms with Gasteiger partial charge in [-0.15, -0.1) is 0 Å². The average Bonchev–Trinajstić information content (AvgIpc) is 3.27. The first-order valence-electron chi connectivity index (χ1n) is 9.24. The Balaban J connectivity index is 1.55. The molecule has 0 spiro atoms. The number of nitrogens with zero attached hydrogens (tertiary/aromatic N) is 3. The average molecular weight is 352 g/mol. The molecule has 2 amide bonds. The van der Waals surface area contributed by atoms with Crippen LogP contribution >= 0.6 is 0 Å². The number of anilines is 1. The smallest absolute Gasteiger partial charge is 0.226 e. The van der Waals surface area contributed by atoms with Crippen LogP contribution < -0.4 is 5.32 Å². The Kier molecular flexibility index (Phi) is 4.26. The molecular formula is C20H24N4O2. The standard InChI is InChI=1S/C20H24N4O2/c1-13-10-17(13)20(26)23-7-6-19-21-12-18(24(19)9-8-23)15-4-3-5-16(11-15)22-14(2)25/h3-5,11-13,17H,6-10H2,1-2H3,(H,22,25). The summed E-state index contributed by atoms with van der Waals surface area (Å²) in [7, 11) is 0. The van der Waals surface area contributed by atoms with Crippen LogP contribution in [-0.2, 0) is 22.6 Å². The molecule has 1 aromatic carbocycles. The Morgan fingerprint density at radius 3 is 2.77 bits per heavy atom. The molecule has 1 N–H and O–H groups in total. The third-order valence-corrected chi connectivity index (χ3v) is 5.35. The Morgan fingerprint density at radius 1 is 1.23 bits per heavy atom. The van der Waals surface area contributed by atoms with Gasteiger partial charge in [-0.2, -0.15) is 0 Å². The van der Waals surface area contributed by atoms with E-state index in [0.717, 1.165) is 55.2 Å². The third kappa shape index (κ3) is 3.23. The number of nitrogens with one attached hydrogen (secondary N) is 1. The van der Waals surface area contributed by atoms with Gasteiger partial charge in [-0.1, -0.05) is 19.1 Å². The molecule has 0 bridgehead atoms. The number of hydrogen-bond acceptors (Lipinski definition) is 3. The van der Waals surface area contributed by atoms with Gasteiger partial charge >= 0.3 is 0 Å². The second-order valence-electron chi connectivity index (χ2n) is 7.37. The number of benzene rings is 1. The topological polar surface area (TPSA) is 67.2 Å². The molecule has 26 heavy (non-hydrogen) atoms. The minimum Gasteiger partial charge on any atom is -0.340 e. The molecule has 2 aromatic rings. The zero-order valence-electron chi connectivity index (χ0n) is 15.2. The molecular weight excluding hydrogens is 328 g/mol. The van der Waals surface area contributed by atoms with Crippen LogP contribution in [0.3, 0.4) is 0 Å². The number of carbonyl (C=O) groups excluding carboxylic acids is 2. The van der Waals surface area contributed by atoms with Crippen molar-refractivity contribution in [3.8, 4) is 11.3 Å². The number of hydrogen-bond donors (Lipinski definition) is 1. The molecule has 6 heteroatoms. The molecule has 6 nitrogen and oxygen atoms in total. The van der Waals surface area contributed by atoms with Crippen LogP contribution in [0.2, 0.25) is 0 Å². The van der Waals surface area contributed by atoms with Crippen LogP contribution in [0.1, 0.15) is 26.1 Å². The first-order chi connectivity index (χ1) is 12.5. The summed E-state index contributed by atoms with van der Waals surface area (Å²) in [5.41, 5.74) is 2.82. The van der Waals surface area contributed by atoms with Gasteiger partial charge < -0.3 is 14.8 Å². The van der Waals surface area contributed by atoms with E-state index >= 15 is 0 Å². The second-order valence-corrected chi connectivity index (χ2v) is 7.37. The predicted octanol–water partition coefficient (Wildman–Crippen LogP) is 2.55. The van der Waals surface area contributed by atoms with Crippen LogP contribution in [0.15, 0.2) is 30.5 Å². The quantitative estimate of drug-likeness (QED) is 0.923. The molecule has 0 saturated heterocycles. The molecule has 1 aliphatic heterocycles. The molecule has 2 aliphatic rings. The van der Waals surface area contributed by atoms with Crippen molar-refractivity contribution in [2.45, 2.75) is 33.2 Å². The van der Waals surface area contributed by atoms with Crippen LogP contribution in [-0.4, -0.2) is 39.4 Å². The zero-order chi connectivity index (χ0) is 18.3. The van der Waals surface area contributed by atoms with Gasteiger partial charge in [0.15, 0.2) is 0 Å². The maximum Gasteiger partial charge on any atom is 0.226 e. The van der Waals surface area contributed by atoms with Crippen LogP contribution in [0, 0.1) is 11.8 Å². The van der Waals surface area contributed by atoms with E-state index in [1.807, 2.05) is 35.4 Å². The van der Waals surface area contributed by atoms with Crippen LogP contribution in [0.4, 0.5) is 5.69 Å². The van der Waals surface area contributed by atoms with E-state index in [0.29, 0.717) is 11.8 Å². The Hall–Kier alpha value is -2.63. The van der Waals surface area contributed by atoms with Crippen molar-refractivity contribution in [2.24, 2.45) is 11.8 Å². The minimum absolute atomic E-state index is 0.0854. The summed E-state index contributed by atoms with van der Waals surface area (Å²) in [6.07, 6.45) is 3.70. The fraction of sp³-hybridized carbons (Fsp3) is 0.450. The fourth-order valence-electron chi connectivity index (χ4n) is 3.74. The van der Waals surface area contributed by atoms with Crippen molar-refractivity contribution >= 4 is 17.5 Å². The molecule has 0 radical (unpaired) electrons. The Labute approximate surface area is 153 Å². The van der Waals surface area contributed by atoms with Crippen molar-refractivity contribution in [1.82, 2.24) is 14.5 Å². The van der Waals surface area contributed by atoms with E-state index in [1.165, 1.54) is 6.92 Å². The highest BCUT2D eigenvalue weighted by Gasteiger charge is 2.41. The summed E-state index contributed by atoms with van der Waals surface area (Å²) in [5, 5.41) is 2.82. The molecule has 1 aliphatic carbocycles. The van der Waals surface area contributed by atoms with Crippen LogP contribution in [0.5, 0.6) is 0 Å². The van der Waals surface area contributed by atoms with E-state index in [9.17, 15) is 9.59 Å². The fourth-order valence-corrected chi connectivity index (χ4v) is 3.74. The van der Waals surface area contributed by atoms with Crippen molar-refractivity contribution in [2.75, 3.05) is 18.4 Å². The minimum atomic E-state index is -0.0854. The van der Waals surface area contributed by atoms with Gasteiger partial charge in [0, 0.05) is 50.1 Å². The molecule has 1 fully saturated rings. The van der Waals surface area contributed by atoms with E-state index in [-0.39, 0.29) is 11.8 Å². The first kappa shape index (κ1) is 16.8. The van der Waals surface area contributed by atoms with E-state index in [1.54, 1.807) is 0 Å². The van der Waals surface area contributed by atoms with Gasteiger partial charge in [-0.25, -0.2) is 4.98 Å². The number of amides is 2. The molecule has 136 valence electrons. The van der Waals surface area contributed by atoms with Crippen LogP contribution in [0.25, 0.3) is 11.3 Å². The number of fused-ring (bicyclic) bond motifs is 1. The van der Waals surface area contributed by atoms with E-state index < -0.39 is 0 Å². The summed E-state index contributed by atoms with van der Waals surface area (Å²) in [6, 6.07) is 7.80. The van der Waals surface area contributed by atoms with Gasteiger partial charge in [-0.3, -0.25) is 9.59 Å². The van der Waals surface area contributed by atoms with Gasteiger partial charge in [0.25, 0.3) is 0 Å². The summed E-state index contributed by atoms with van der Waals surface area (Å²) >= 11 is 0. The lowest BCUT2D eigenvalue weighted by molar-refractivity contribution is -0.132. The number of rotatable bonds is 3. The normalized spacial score (nSPS) is 21.7. The highest BCUT2D eigenvalue weighted by Crippen LogP contribution is 2.39. The summed E-state index contributed by atoms with van der Waals surface area (Å²) in [4.78, 5) is 30.5. The molecule has 1 saturated carbocycles. The number of imidazole rings is 1. The second kappa shape index (κ2) is 6.59. The highest BCUT2D eigenvalue weighted by molar-refractivity contribution is 5.89. The van der Waals surface area contributed by atoms with E-state index in [4.69, 9.17) is 0 Å². The molecule has 2 unspecified atom stereocenters. The largest absolute Gasteiger partial charge is 0.340 e. The third-order valence-electron chi connectivity index (χ3n) is 5.35.